The average Bonchev–Trinajstić information content (AvgIpc) is 2.27. The van der Waals surface area contributed by atoms with E-state index < -0.39 is 17.4 Å². The summed E-state index contributed by atoms with van der Waals surface area (Å²) < 4.78 is 38.9. The number of halogens is 3. The molecule has 0 saturated heterocycles. The van der Waals surface area contributed by atoms with Gasteiger partial charge in [-0.25, -0.2) is 4.98 Å². The van der Waals surface area contributed by atoms with Crippen LogP contribution in [-0.2, 0) is 12.7 Å². The highest BCUT2D eigenvalue weighted by atomic mass is 19.4. The molecule has 6 heteroatoms. The quantitative estimate of drug-likeness (QED) is 0.769. The zero-order chi connectivity index (χ0) is 12.6. The molecule has 0 amide bonds. The number of hydrogen-bond donors (Lipinski definition) is 0. The lowest BCUT2D eigenvalue weighted by Crippen LogP contribution is -2.30. The van der Waals surface area contributed by atoms with Crippen LogP contribution in [0.25, 0.3) is 11.0 Å². The van der Waals surface area contributed by atoms with Crippen molar-refractivity contribution in [3.8, 4) is 0 Å². The Bertz CT molecular complexity index is 616. The molecule has 1 heterocycles. The number of nitrogens with zero attached hydrogens (tertiary/aromatic N) is 2. The predicted octanol–water partition coefficient (Wildman–Crippen LogP) is 2.44. The summed E-state index contributed by atoms with van der Waals surface area (Å²) in [5, 5.41) is 0. The van der Waals surface area contributed by atoms with Crippen LogP contribution in [0, 0.1) is 0 Å². The molecule has 2 rings (SSSR count). The standard InChI is InChI=1S/C11H9F3N2O/c1-2-16-8-6-4-3-5-7(8)15-9(10(16)17)11(12,13)14/h3-6H,2H2,1H3. The highest BCUT2D eigenvalue weighted by molar-refractivity contribution is 5.74. The SMILES string of the molecule is CCn1c(=O)c(C(F)(F)F)nc2ccccc21. The maximum Gasteiger partial charge on any atom is 0.438 e. The zero-order valence-electron chi connectivity index (χ0n) is 8.95. The Morgan fingerprint density at radius 2 is 1.94 bits per heavy atom. The van der Waals surface area contributed by atoms with Gasteiger partial charge in [-0.15, -0.1) is 0 Å². The number of benzene rings is 1. The predicted molar refractivity (Wildman–Crippen MR) is 56.7 cm³/mol. The molecule has 0 fully saturated rings. The number of para-hydroxylation sites is 2. The van der Waals surface area contributed by atoms with Gasteiger partial charge in [0.1, 0.15) is 0 Å². The van der Waals surface area contributed by atoms with E-state index in [0.717, 1.165) is 4.57 Å². The van der Waals surface area contributed by atoms with E-state index in [-0.39, 0.29) is 12.1 Å². The molecule has 1 aromatic carbocycles. The number of aromatic nitrogens is 2. The van der Waals surface area contributed by atoms with Gasteiger partial charge in [0.2, 0.25) is 5.69 Å². The van der Waals surface area contributed by atoms with Crippen LogP contribution in [0.2, 0.25) is 0 Å². The number of aryl methyl sites for hydroxylation is 1. The molecule has 0 unspecified atom stereocenters. The molecule has 90 valence electrons. The first-order valence-electron chi connectivity index (χ1n) is 5.02. The molecule has 0 saturated carbocycles. The Labute approximate surface area is 94.5 Å². The third-order valence-electron chi connectivity index (χ3n) is 2.44. The minimum Gasteiger partial charge on any atom is -0.305 e. The maximum absolute atomic E-state index is 12.6. The first-order chi connectivity index (χ1) is 7.95. The van der Waals surface area contributed by atoms with Crippen LogP contribution in [0.3, 0.4) is 0 Å². The van der Waals surface area contributed by atoms with E-state index in [1.165, 1.54) is 6.07 Å². The Morgan fingerprint density at radius 1 is 1.29 bits per heavy atom. The van der Waals surface area contributed by atoms with Crippen molar-refractivity contribution in [3.05, 3.63) is 40.3 Å². The molecule has 0 aliphatic heterocycles. The molecule has 17 heavy (non-hydrogen) atoms. The van der Waals surface area contributed by atoms with Crippen molar-refractivity contribution >= 4 is 11.0 Å². The largest absolute Gasteiger partial charge is 0.438 e. The number of hydrogen-bond acceptors (Lipinski definition) is 2. The fourth-order valence-electron chi connectivity index (χ4n) is 1.69. The second-order valence-electron chi connectivity index (χ2n) is 3.50. The molecule has 0 spiro atoms. The van der Waals surface area contributed by atoms with Crippen molar-refractivity contribution in [3.63, 3.8) is 0 Å². The lowest BCUT2D eigenvalue weighted by atomic mass is 10.2. The monoisotopic (exact) mass is 242 g/mol. The average molecular weight is 242 g/mol. The van der Waals surface area contributed by atoms with Gasteiger partial charge in [0.05, 0.1) is 11.0 Å². The summed E-state index contributed by atoms with van der Waals surface area (Å²) in [4.78, 5) is 15.0. The Kier molecular flexibility index (Phi) is 2.65. The highest BCUT2D eigenvalue weighted by Gasteiger charge is 2.37. The van der Waals surface area contributed by atoms with E-state index in [2.05, 4.69) is 4.98 Å². The third kappa shape index (κ3) is 1.90. The molecule has 0 N–H and O–H groups in total. The highest BCUT2D eigenvalue weighted by Crippen LogP contribution is 2.26. The van der Waals surface area contributed by atoms with Crippen molar-refractivity contribution < 1.29 is 13.2 Å². The van der Waals surface area contributed by atoms with E-state index in [0.29, 0.717) is 5.52 Å². The molecule has 0 radical (unpaired) electrons. The van der Waals surface area contributed by atoms with Gasteiger partial charge in [-0.2, -0.15) is 13.2 Å². The van der Waals surface area contributed by atoms with Crippen LogP contribution in [0.4, 0.5) is 13.2 Å². The molecule has 0 aliphatic carbocycles. The number of fused-ring (bicyclic) bond motifs is 1. The molecule has 0 bridgehead atoms. The number of alkyl halides is 3. The molecule has 0 aliphatic rings. The Hall–Kier alpha value is -1.85. The van der Waals surface area contributed by atoms with Gasteiger partial charge in [0.15, 0.2) is 0 Å². The van der Waals surface area contributed by atoms with Gasteiger partial charge < -0.3 is 4.57 Å². The second kappa shape index (κ2) is 3.87. The first-order valence-corrected chi connectivity index (χ1v) is 5.02. The summed E-state index contributed by atoms with van der Waals surface area (Å²) in [6.45, 7) is 1.79. The summed E-state index contributed by atoms with van der Waals surface area (Å²) in [6.07, 6.45) is -4.72. The Morgan fingerprint density at radius 3 is 2.53 bits per heavy atom. The molecule has 1 aromatic heterocycles. The van der Waals surface area contributed by atoms with Gasteiger partial charge in [0.25, 0.3) is 5.56 Å². The van der Waals surface area contributed by atoms with Crippen LogP contribution in [0.15, 0.2) is 29.1 Å². The van der Waals surface area contributed by atoms with Crippen molar-refractivity contribution in [1.29, 1.82) is 0 Å². The fourth-order valence-corrected chi connectivity index (χ4v) is 1.69. The number of rotatable bonds is 1. The van der Waals surface area contributed by atoms with Crippen LogP contribution >= 0.6 is 0 Å². The van der Waals surface area contributed by atoms with E-state index in [9.17, 15) is 18.0 Å². The molecule has 3 nitrogen and oxygen atoms in total. The van der Waals surface area contributed by atoms with Crippen molar-refractivity contribution in [2.75, 3.05) is 0 Å². The maximum atomic E-state index is 12.6. The van der Waals surface area contributed by atoms with E-state index in [4.69, 9.17) is 0 Å². The van der Waals surface area contributed by atoms with Gasteiger partial charge >= 0.3 is 6.18 Å². The Balaban J connectivity index is 2.90. The van der Waals surface area contributed by atoms with Crippen LogP contribution < -0.4 is 5.56 Å². The van der Waals surface area contributed by atoms with Crippen molar-refractivity contribution in [2.45, 2.75) is 19.6 Å². The molecular formula is C11H9F3N2O. The van der Waals surface area contributed by atoms with Gasteiger partial charge in [-0.1, -0.05) is 12.1 Å². The topological polar surface area (TPSA) is 34.9 Å². The normalized spacial score (nSPS) is 12.0. The van der Waals surface area contributed by atoms with Gasteiger partial charge in [-0.05, 0) is 19.1 Å². The fraction of sp³-hybridized carbons (Fsp3) is 0.273. The summed E-state index contributed by atoms with van der Waals surface area (Å²) in [5.41, 5.74) is -1.88. The molecule has 0 atom stereocenters. The van der Waals surface area contributed by atoms with Gasteiger partial charge in [0, 0.05) is 6.54 Å². The van der Waals surface area contributed by atoms with E-state index in [1.807, 2.05) is 0 Å². The van der Waals surface area contributed by atoms with Gasteiger partial charge in [-0.3, -0.25) is 4.79 Å². The lowest BCUT2D eigenvalue weighted by molar-refractivity contribution is -0.142. The minimum absolute atomic E-state index is 0.168. The summed E-state index contributed by atoms with van der Waals surface area (Å²) in [6, 6.07) is 6.27. The summed E-state index contributed by atoms with van der Waals surface area (Å²) >= 11 is 0. The molecular weight excluding hydrogens is 233 g/mol. The first kappa shape index (κ1) is 11.6. The summed E-state index contributed by atoms with van der Waals surface area (Å²) in [5.74, 6) is 0. The third-order valence-corrected chi connectivity index (χ3v) is 2.44. The van der Waals surface area contributed by atoms with Crippen molar-refractivity contribution in [1.82, 2.24) is 9.55 Å². The van der Waals surface area contributed by atoms with Crippen molar-refractivity contribution in [2.24, 2.45) is 0 Å². The van der Waals surface area contributed by atoms with E-state index in [1.54, 1.807) is 25.1 Å². The smallest absolute Gasteiger partial charge is 0.305 e. The van der Waals surface area contributed by atoms with Crippen LogP contribution in [0.5, 0.6) is 0 Å². The lowest BCUT2D eigenvalue weighted by Gasteiger charge is -2.11. The van der Waals surface area contributed by atoms with Crippen LogP contribution in [0.1, 0.15) is 12.6 Å². The summed E-state index contributed by atoms with van der Waals surface area (Å²) in [7, 11) is 0. The molecule has 2 aromatic rings. The second-order valence-corrected chi connectivity index (χ2v) is 3.50. The van der Waals surface area contributed by atoms with E-state index >= 15 is 0 Å². The zero-order valence-corrected chi connectivity index (χ0v) is 8.95. The minimum atomic E-state index is -4.72. The van der Waals surface area contributed by atoms with Crippen LogP contribution in [-0.4, -0.2) is 9.55 Å².